The summed E-state index contributed by atoms with van der Waals surface area (Å²) in [7, 11) is 0. The predicted octanol–water partition coefficient (Wildman–Crippen LogP) is 3.35. The summed E-state index contributed by atoms with van der Waals surface area (Å²) in [5.74, 6) is 0.632. The van der Waals surface area contributed by atoms with Crippen LogP contribution in [0.1, 0.15) is 0 Å². The van der Waals surface area contributed by atoms with Gasteiger partial charge in [0.2, 0.25) is 0 Å². The maximum absolute atomic E-state index is 5.99. The van der Waals surface area contributed by atoms with Gasteiger partial charge < -0.3 is 5.73 Å². The zero-order chi connectivity index (χ0) is 11.8. The quantitative estimate of drug-likeness (QED) is 0.746. The van der Waals surface area contributed by atoms with Crippen LogP contribution in [-0.4, -0.2) is 9.61 Å². The maximum atomic E-state index is 5.99. The van der Waals surface area contributed by atoms with Crippen LogP contribution in [-0.2, 0) is 0 Å². The topological polar surface area (TPSA) is 43.3 Å². The molecule has 84 valence electrons. The van der Waals surface area contributed by atoms with Crippen LogP contribution < -0.4 is 5.73 Å². The third-order valence-electron chi connectivity index (χ3n) is 2.71. The number of hydrogen-bond donors (Lipinski definition) is 1. The van der Waals surface area contributed by atoms with Crippen molar-refractivity contribution in [3.05, 3.63) is 53.1 Å². The van der Waals surface area contributed by atoms with E-state index in [1.54, 1.807) is 10.7 Å². The van der Waals surface area contributed by atoms with Crippen molar-refractivity contribution in [2.45, 2.75) is 0 Å². The number of benzene rings is 1. The van der Waals surface area contributed by atoms with Gasteiger partial charge in [0.15, 0.2) is 0 Å². The first kappa shape index (κ1) is 10.4. The molecule has 3 rings (SSSR count). The number of halogens is 1. The zero-order valence-electron chi connectivity index (χ0n) is 8.97. The van der Waals surface area contributed by atoms with Gasteiger partial charge in [-0.2, -0.15) is 5.10 Å². The van der Waals surface area contributed by atoms with E-state index in [-0.39, 0.29) is 0 Å². The van der Waals surface area contributed by atoms with Gasteiger partial charge in [-0.25, -0.2) is 4.52 Å². The van der Waals surface area contributed by atoms with E-state index in [0.29, 0.717) is 5.82 Å². The third-order valence-corrected chi connectivity index (χ3v) is 3.32. The van der Waals surface area contributed by atoms with Crippen LogP contribution in [0.3, 0.4) is 0 Å². The van der Waals surface area contributed by atoms with Crippen LogP contribution in [0.5, 0.6) is 0 Å². The first-order chi connectivity index (χ1) is 8.25. The summed E-state index contributed by atoms with van der Waals surface area (Å²) in [6, 6.07) is 14.2. The van der Waals surface area contributed by atoms with Gasteiger partial charge in [0.05, 0.1) is 16.2 Å². The molecule has 0 fully saturated rings. The molecule has 4 heteroatoms. The van der Waals surface area contributed by atoms with Gasteiger partial charge in [-0.15, -0.1) is 0 Å². The third kappa shape index (κ3) is 1.70. The van der Waals surface area contributed by atoms with Crippen LogP contribution in [0.25, 0.3) is 16.6 Å². The number of pyridine rings is 1. The molecule has 0 amide bonds. The van der Waals surface area contributed by atoms with Crippen molar-refractivity contribution in [3.8, 4) is 11.1 Å². The summed E-state index contributed by atoms with van der Waals surface area (Å²) in [6.45, 7) is 0. The van der Waals surface area contributed by atoms with Crippen LogP contribution in [0, 0.1) is 0 Å². The van der Waals surface area contributed by atoms with Crippen molar-refractivity contribution in [2.24, 2.45) is 0 Å². The number of fused-ring (bicyclic) bond motifs is 1. The Balaban J connectivity index is 2.28. The Labute approximate surface area is 107 Å². The molecule has 0 unspecified atom stereocenters. The molecule has 0 saturated carbocycles. The predicted molar refractivity (Wildman–Crippen MR) is 72.7 cm³/mol. The van der Waals surface area contributed by atoms with Crippen molar-refractivity contribution >= 4 is 27.3 Å². The van der Waals surface area contributed by atoms with E-state index in [2.05, 4.69) is 39.2 Å². The lowest BCUT2D eigenvalue weighted by Gasteiger charge is -2.05. The fourth-order valence-electron chi connectivity index (χ4n) is 1.88. The average Bonchev–Trinajstić information content (AvgIpc) is 2.73. The molecule has 0 spiro atoms. The Morgan fingerprint density at radius 1 is 1.06 bits per heavy atom. The summed E-state index contributed by atoms with van der Waals surface area (Å²) in [5, 5.41) is 4.20. The van der Waals surface area contributed by atoms with Gasteiger partial charge in [0.1, 0.15) is 5.82 Å². The molecular formula is C13H10BrN3. The Morgan fingerprint density at radius 3 is 2.59 bits per heavy atom. The van der Waals surface area contributed by atoms with Crippen LogP contribution in [0.2, 0.25) is 0 Å². The molecule has 3 nitrogen and oxygen atoms in total. The Bertz CT molecular complexity index is 674. The molecule has 0 aliphatic heterocycles. The van der Waals surface area contributed by atoms with Crippen molar-refractivity contribution in [1.29, 1.82) is 0 Å². The number of nitrogens with zero attached hydrogens (tertiary/aromatic N) is 2. The first-order valence-electron chi connectivity index (χ1n) is 5.24. The number of nitrogens with two attached hydrogens (primary N) is 1. The summed E-state index contributed by atoms with van der Waals surface area (Å²) in [5.41, 5.74) is 9.21. The minimum Gasteiger partial charge on any atom is -0.384 e. The van der Waals surface area contributed by atoms with E-state index in [0.717, 1.165) is 21.1 Å². The number of aromatic nitrogens is 2. The van der Waals surface area contributed by atoms with Gasteiger partial charge in [0, 0.05) is 0 Å². The fraction of sp³-hybridized carbons (Fsp3) is 0. The van der Waals surface area contributed by atoms with Crippen LogP contribution >= 0.6 is 15.9 Å². The van der Waals surface area contributed by atoms with Gasteiger partial charge in [-0.3, -0.25) is 0 Å². The Morgan fingerprint density at radius 2 is 1.82 bits per heavy atom. The molecule has 3 aromatic rings. The maximum Gasteiger partial charge on any atom is 0.126 e. The smallest absolute Gasteiger partial charge is 0.126 e. The molecule has 2 aromatic heterocycles. The summed E-state index contributed by atoms with van der Waals surface area (Å²) < 4.78 is 2.67. The molecule has 2 N–H and O–H groups in total. The van der Waals surface area contributed by atoms with E-state index in [9.17, 15) is 0 Å². The lowest BCUT2D eigenvalue weighted by Crippen LogP contribution is -1.98. The minimum absolute atomic E-state index is 0.632. The van der Waals surface area contributed by atoms with Crippen molar-refractivity contribution in [1.82, 2.24) is 9.61 Å². The molecule has 2 heterocycles. The van der Waals surface area contributed by atoms with Crippen molar-refractivity contribution in [2.75, 3.05) is 5.73 Å². The summed E-state index contributed by atoms with van der Waals surface area (Å²) in [6.07, 6.45) is 1.75. The number of hydrogen-bond acceptors (Lipinski definition) is 2. The molecule has 17 heavy (non-hydrogen) atoms. The number of nitrogen functional groups attached to an aromatic ring is 1. The lowest BCUT2D eigenvalue weighted by atomic mass is 10.1. The normalized spacial score (nSPS) is 10.9. The van der Waals surface area contributed by atoms with Crippen LogP contribution in [0.4, 0.5) is 5.82 Å². The van der Waals surface area contributed by atoms with E-state index in [1.807, 2.05) is 24.3 Å². The highest BCUT2D eigenvalue weighted by Gasteiger charge is 2.07. The van der Waals surface area contributed by atoms with E-state index in [4.69, 9.17) is 5.73 Å². The highest BCUT2D eigenvalue weighted by Crippen LogP contribution is 2.27. The molecule has 0 atom stereocenters. The number of anilines is 1. The standard InChI is InChI=1S/C13H10BrN3/c14-11-8-16-17-12(11)6-10(7-13(17)15)9-4-2-1-3-5-9/h1-8H,15H2. The van der Waals surface area contributed by atoms with E-state index in [1.165, 1.54) is 0 Å². The summed E-state index contributed by atoms with van der Waals surface area (Å²) >= 11 is 3.47. The first-order valence-corrected chi connectivity index (χ1v) is 6.03. The SMILES string of the molecule is Nc1cc(-c2ccccc2)cc2c(Br)cnn12. The average molecular weight is 288 g/mol. The number of rotatable bonds is 1. The highest BCUT2D eigenvalue weighted by atomic mass is 79.9. The lowest BCUT2D eigenvalue weighted by molar-refractivity contribution is 0.974. The largest absolute Gasteiger partial charge is 0.384 e. The van der Waals surface area contributed by atoms with Crippen molar-refractivity contribution < 1.29 is 0 Å². The van der Waals surface area contributed by atoms with Gasteiger partial charge in [-0.05, 0) is 39.2 Å². The molecule has 0 bridgehead atoms. The van der Waals surface area contributed by atoms with Gasteiger partial charge in [0.25, 0.3) is 0 Å². The Hall–Kier alpha value is -1.81. The van der Waals surface area contributed by atoms with Gasteiger partial charge >= 0.3 is 0 Å². The zero-order valence-corrected chi connectivity index (χ0v) is 10.6. The fourth-order valence-corrected chi connectivity index (χ4v) is 2.25. The monoisotopic (exact) mass is 287 g/mol. The second kappa shape index (κ2) is 3.89. The molecule has 0 radical (unpaired) electrons. The minimum atomic E-state index is 0.632. The second-order valence-electron chi connectivity index (χ2n) is 3.82. The molecule has 0 aliphatic carbocycles. The molecule has 0 aliphatic rings. The second-order valence-corrected chi connectivity index (χ2v) is 4.68. The van der Waals surface area contributed by atoms with Gasteiger partial charge in [-0.1, -0.05) is 30.3 Å². The highest BCUT2D eigenvalue weighted by molar-refractivity contribution is 9.10. The van der Waals surface area contributed by atoms with Crippen LogP contribution in [0.15, 0.2) is 53.1 Å². The van der Waals surface area contributed by atoms with E-state index >= 15 is 0 Å². The van der Waals surface area contributed by atoms with Crippen molar-refractivity contribution in [3.63, 3.8) is 0 Å². The molecule has 1 aromatic carbocycles. The molecule has 0 saturated heterocycles. The van der Waals surface area contributed by atoms with E-state index < -0.39 is 0 Å². The Kier molecular flexibility index (Phi) is 2.37. The molecular weight excluding hydrogens is 278 g/mol. The summed E-state index contributed by atoms with van der Waals surface area (Å²) in [4.78, 5) is 0.